The van der Waals surface area contributed by atoms with Gasteiger partial charge >= 0.3 is 5.97 Å². The zero-order valence-electron chi connectivity index (χ0n) is 11.9. The Morgan fingerprint density at radius 3 is 2.77 bits per heavy atom. The Morgan fingerprint density at radius 2 is 2.09 bits per heavy atom. The minimum absolute atomic E-state index is 0.257. The number of rotatable bonds is 3. The van der Waals surface area contributed by atoms with E-state index < -0.39 is 11.9 Å². The van der Waals surface area contributed by atoms with Crippen LogP contribution in [0.3, 0.4) is 0 Å². The van der Waals surface area contributed by atoms with Crippen LogP contribution < -0.4 is 4.74 Å². The fourth-order valence-electron chi connectivity index (χ4n) is 2.08. The van der Waals surface area contributed by atoms with Crippen molar-refractivity contribution in [3.63, 3.8) is 0 Å². The average Bonchev–Trinajstić information content (AvgIpc) is 2.89. The molecule has 22 heavy (non-hydrogen) atoms. The monoisotopic (exact) mass is 301 g/mol. The van der Waals surface area contributed by atoms with E-state index in [4.69, 9.17) is 9.47 Å². The number of methoxy groups -OCH3 is 1. The number of aryl methyl sites for hydroxylation is 1. The molecule has 1 aromatic carbocycles. The molecule has 0 aliphatic carbocycles. The van der Waals surface area contributed by atoms with Crippen molar-refractivity contribution in [2.24, 2.45) is 7.05 Å². The molecular formula is C15H12FN3O3. The number of carbonyl (C=O) groups is 1. The van der Waals surface area contributed by atoms with Crippen molar-refractivity contribution in [2.75, 3.05) is 7.11 Å². The maximum absolute atomic E-state index is 12.9. The van der Waals surface area contributed by atoms with E-state index in [1.54, 1.807) is 30.1 Å². The Bertz CT molecular complexity index is 843. The molecule has 0 fully saturated rings. The van der Waals surface area contributed by atoms with Gasteiger partial charge in [-0.3, -0.25) is 4.68 Å². The van der Waals surface area contributed by atoms with Crippen molar-refractivity contribution in [2.45, 2.75) is 0 Å². The Labute approximate surface area is 125 Å². The van der Waals surface area contributed by atoms with Crippen LogP contribution in [0, 0.1) is 5.95 Å². The van der Waals surface area contributed by atoms with Crippen LogP contribution in [0.4, 0.5) is 4.39 Å². The standard InChI is InChI=1S/C15H12FN3O3/c1-19-12-6-13(22-10-3-4-14(16)17-8-10)11(15(20)21-2)5-9(12)7-18-19/h3-8H,1-2H3. The van der Waals surface area contributed by atoms with Crippen LogP contribution in [0.1, 0.15) is 10.4 Å². The third kappa shape index (κ3) is 2.48. The summed E-state index contributed by atoms with van der Waals surface area (Å²) in [5.74, 6) is -0.539. The predicted octanol–water partition coefficient (Wildman–Crippen LogP) is 2.69. The highest BCUT2D eigenvalue weighted by atomic mass is 19.1. The van der Waals surface area contributed by atoms with E-state index in [1.165, 1.54) is 25.4 Å². The first-order valence-electron chi connectivity index (χ1n) is 6.42. The van der Waals surface area contributed by atoms with Crippen molar-refractivity contribution in [3.8, 4) is 11.5 Å². The molecule has 0 radical (unpaired) electrons. The summed E-state index contributed by atoms with van der Waals surface area (Å²) in [5, 5.41) is 4.91. The molecule has 0 saturated heterocycles. The number of nitrogens with zero attached hydrogens (tertiary/aromatic N) is 3. The SMILES string of the molecule is COC(=O)c1cc2cnn(C)c2cc1Oc1ccc(F)nc1. The molecule has 6 nitrogen and oxygen atoms in total. The van der Waals surface area contributed by atoms with Crippen molar-refractivity contribution in [1.29, 1.82) is 0 Å². The van der Waals surface area contributed by atoms with Gasteiger partial charge in [0.25, 0.3) is 0 Å². The topological polar surface area (TPSA) is 66.2 Å². The highest BCUT2D eigenvalue weighted by Gasteiger charge is 2.17. The highest BCUT2D eigenvalue weighted by molar-refractivity contribution is 5.97. The molecule has 0 atom stereocenters. The van der Waals surface area contributed by atoms with Gasteiger partial charge in [-0.15, -0.1) is 0 Å². The van der Waals surface area contributed by atoms with Crippen LogP contribution in [-0.2, 0) is 11.8 Å². The van der Waals surface area contributed by atoms with Gasteiger partial charge in [0, 0.05) is 18.5 Å². The van der Waals surface area contributed by atoms with Crippen LogP contribution in [0.5, 0.6) is 11.5 Å². The Hall–Kier alpha value is -2.96. The molecule has 3 rings (SSSR count). The van der Waals surface area contributed by atoms with E-state index in [9.17, 15) is 9.18 Å². The predicted molar refractivity (Wildman–Crippen MR) is 76.3 cm³/mol. The average molecular weight is 301 g/mol. The molecular weight excluding hydrogens is 289 g/mol. The minimum Gasteiger partial charge on any atom is -0.465 e. The summed E-state index contributed by atoms with van der Waals surface area (Å²) in [6.45, 7) is 0. The highest BCUT2D eigenvalue weighted by Crippen LogP contribution is 2.30. The summed E-state index contributed by atoms with van der Waals surface area (Å²) in [7, 11) is 3.07. The van der Waals surface area contributed by atoms with Crippen LogP contribution in [0.2, 0.25) is 0 Å². The maximum atomic E-state index is 12.9. The van der Waals surface area contributed by atoms with Crippen LogP contribution in [-0.4, -0.2) is 27.8 Å². The number of aromatic nitrogens is 3. The van der Waals surface area contributed by atoms with Gasteiger partial charge in [-0.25, -0.2) is 9.78 Å². The van der Waals surface area contributed by atoms with Gasteiger partial charge in [-0.1, -0.05) is 0 Å². The molecule has 0 aliphatic rings. The molecule has 0 spiro atoms. The van der Waals surface area contributed by atoms with E-state index in [0.29, 0.717) is 5.75 Å². The lowest BCUT2D eigenvalue weighted by Crippen LogP contribution is -2.04. The molecule has 0 aliphatic heterocycles. The molecule has 0 N–H and O–H groups in total. The van der Waals surface area contributed by atoms with E-state index in [2.05, 4.69) is 10.1 Å². The van der Waals surface area contributed by atoms with E-state index in [0.717, 1.165) is 10.9 Å². The number of carbonyl (C=O) groups excluding carboxylic acids is 1. The summed E-state index contributed by atoms with van der Waals surface area (Å²) in [6, 6.07) is 5.92. The van der Waals surface area contributed by atoms with Crippen molar-refractivity contribution < 1.29 is 18.7 Å². The van der Waals surface area contributed by atoms with Crippen molar-refractivity contribution in [3.05, 3.63) is 48.2 Å². The van der Waals surface area contributed by atoms with Gasteiger partial charge in [-0.05, 0) is 18.2 Å². The van der Waals surface area contributed by atoms with Gasteiger partial charge < -0.3 is 9.47 Å². The maximum Gasteiger partial charge on any atom is 0.341 e. The minimum atomic E-state index is -0.609. The van der Waals surface area contributed by atoms with E-state index in [-0.39, 0.29) is 11.3 Å². The Morgan fingerprint density at radius 1 is 1.27 bits per heavy atom. The Balaban J connectivity index is 2.10. The molecule has 0 bridgehead atoms. The molecule has 3 aromatic rings. The normalized spacial score (nSPS) is 10.7. The molecule has 2 aromatic heterocycles. The lowest BCUT2D eigenvalue weighted by Gasteiger charge is -2.10. The van der Waals surface area contributed by atoms with Gasteiger partial charge in [0.05, 0.1) is 25.0 Å². The Kier molecular flexibility index (Phi) is 3.46. The third-order valence-corrected chi connectivity index (χ3v) is 3.18. The fraction of sp³-hybridized carbons (Fsp3) is 0.133. The van der Waals surface area contributed by atoms with Gasteiger partial charge in [0.15, 0.2) is 0 Å². The number of esters is 1. The number of benzene rings is 1. The van der Waals surface area contributed by atoms with Gasteiger partial charge in [-0.2, -0.15) is 9.49 Å². The molecule has 7 heteroatoms. The molecule has 2 heterocycles. The fourth-order valence-corrected chi connectivity index (χ4v) is 2.08. The second-order valence-electron chi connectivity index (χ2n) is 4.59. The number of halogens is 1. The first kappa shape index (κ1) is 14.0. The number of hydrogen-bond donors (Lipinski definition) is 0. The molecule has 112 valence electrons. The second kappa shape index (κ2) is 5.44. The van der Waals surface area contributed by atoms with Gasteiger partial charge in [0.1, 0.15) is 17.1 Å². The molecule has 0 amide bonds. The first-order valence-corrected chi connectivity index (χ1v) is 6.42. The number of ether oxygens (including phenoxy) is 2. The number of fused-ring (bicyclic) bond motifs is 1. The lowest BCUT2D eigenvalue weighted by atomic mass is 10.1. The lowest BCUT2D eigenvalue weighted by molar-refractivity contribution is 0.0598. The van der Waals surface area contributed by atoms with Crippen LogP contribution >= 0.6 is 0 Å². The van der Waals surface area contributed by atoms with Crippen LogP contribution in [0.25, 0.3) is 10.9 Å². The first-order chi connectivity index (χ1) is 10.6. The zero-order chi connectivity index (χ0) is 15.7. The van der Waals surface area contributed by atoms with E-state index >= 15 is 0 Å². The number of hydrogen-bond acceptors (Lipinski definition) is 5. The third-order valence-electron chi connectivity index (χ3n) is 3.18. The quantitative estimate of drug-likeness (QED) is 0.549. The number of pyridine rings is 1. The smallest absolute Gasteiger partial charge is 0.341 e. The molecule has 0 unspecified atom stereocenters. The summed E-state index contributed by atoms with van der Waals surface area (Å²) < 4.78 is 24.9. The summed E-state index contributed by atoms with van der Waals surface area (Å²) in [6.07, 6.45) is 2.88. The zero-order valence-corrected chi connectivity index (χ0v) is 11.9. The molecule has 0 saturated carbocycles. The van der Waals surface area contributed by atoms with Crippen molar-refractivity contribution >= 4 is 16.9 Å². The van der Waals surface area contributed by atoms with Gasteiger partial charge in [0.2, 0.25) is 5.95 Å². The summed E-state index contributed by atoms with van der Waals surface area (Å²) in [4.78, 5) is 15.4. The summed E-state index contributed by atoms with van der Waals surface area (Å²) >= 11 is 0. The van der Waals surface area contributed by atoms with Crippen LogP contribution in [0.15, 0.2) is 36.7 Å². The van der Waals surface area contributed by atoms with Crippen molar-refractivity contribution in [1.82, 2.24) is 14.8 Å². The summed E-state index contributed by atoms with van der Waals surface area (Å²) in [5.41, 5.74) is 1.05. The second-order valence-corrected chi connectivity index (χ2v) is 4.59. The van der Waals surface area contributed by atoms with E-state index in [1.807, 2.05) is 0 Å². The largest absolute Gasteiger partial charge is 0.465 e.